The van der Waals surface area contributed by atoms with Crippen LogP contribution in [0.3, 0.4) is 0 Å². The molecule has 0 aliphatic carbocycles. The van der Waals surface area contributed by atoms with Gasteiger partial charge in [0.05, 0.1) is 24.5 Å². The third-order valence-electron chi connectivity index (χ3n) is 6.96. The summed E-state index contributed by atoms with van der Waals surface area (Å²) < 4.78 is 10.1. The monoisotopic (exact) mass is 515 g/mol. The fraction of sp³-hybridized carbons (Fsp3) is 0.379. The summed E-state index contributed by atoms with van der Waals surface area (Å²) in [5.41, 5.74) is 5.43. The second kappa shape index (κ2) is 11.6. The van der Waals surface area contributed by atoms with Crippen molar-refractivity contribution in [3.05, 3.63) is 76.4 Å². The van der Waals surface area contributed by atoms with Crippen molar-refractivity contribution in [1.82, 2.24) is 19.9 Å². The molecule has 0 spiro atoms. The second-order valence-electron chi connectivity index (χ2n) is 9.50. The minimum Gasteiger partial charge on any atom is -0.378 e. The molecule has 198 valence electrons. The Kier molecular flexibility index (Phi) is 7.83. The molecule has 9 nitrogen and oxygen atoms in total. The molecule has 0 radical (unpaired) electrons. The third kappa shape index (κ3) is 5.47. The van der Waals surface area contributed by atoms with Crippen molar-refractivity contribution in [2.24, 2.45) is 4.99 Å². The zero-order valence-electron chi connectivity index (χ0n) is 21.9. The van der Waals surface area contributed by atoms with Gasteiger partial charge >= 0.3 is 5.76 Å². The summed E-state index contributed by atoms with van der Waals surface area (Å²) in [6, 6.07) is 16.1. The van der Waals surface area contributed by atoms with Crippen LogP contribution in [0.2, 0.25) is 0 Å². The predicted octanol–water partition coefficient (Wildman–Crippen LogP) is 4.23. The molecule has 2 aliphatic rings. The third-order valence-corrected chi connectivity index (χ3v) is 6.96. The van der Waals surface area contributed by atoms with Gasteiger partial charge in [-0.3, -0.25) is 19.3 Å². The van der Waals surface area contributed by atoms with Crippen LogP contribution < -0.4 is 5.76 Å². The summed E-state index contributed by atoms with van der Waals surface area (Å²) in [6.07, 6.45) is 4.66. The van der Waals surface area contributed by atoms with Crippen molar-refractivity contribution < 1.29 is 14.1 Å². The number of hydrogen-bond donors (Lipinski definition) is 1. The fourth-order valence-corrected chi connectivity index (χ4v) is 4.97. The predicted molar refractivity (Wildman–Crippen MR) is 145 cm³/mol. The lowest BCUT2D eigenvalue weighted by molar-refractivity contribution is -0.130. The summed E-state index contributed by atoms with van der Waals surface area (Å²) in [5, 5.41) is 3.85. The number of aromatic amines is 1. The molecule has 38 heavy (non-hydrogen) atoms. The molecule has 2 aromatic carbocycles. The second-order valence-corrected chi connectivity index (χ2v) is 9.50. The van der Waals surface area contributed by atoms with Gasteiger partial charge in [-0.15, -0.1) is 0 Å². The molecule has 3 heterocycles. The van der Waals surface area contributed by atoms with Crippen LogP contribution in [-0.4, -0.2) is 64.0 Å². The number of hydrogen-bond acceptors (Lipinski definition) is 7. The summed E-state index contributed by atoms with van der Waals surface area (Å²) >= 11 is 0. The minimum atomic E-state index is -0.582. The zero-order chi connectivity index (χ0) is 26.5. The first kappa shape index (κ1) is 25.7. The molecule has 2 aliphatic heterocycles. The van der Waals surface area contributed by atoms with E-state index in [0.717, 1.165) is 47.2 Å². The van der Waals surface area contributed by atoms with Gasteiger partial charge in [0.25, 0.3) is 5.91 Å². The molecule has 1 aromatic heterocycles. The molecule has 3 aromatic rings. The number of aromatic nitrogens is 2. The summed E-state index contributed by atoms with van der Waals surface area (Å²) in [4.78, 5) is 36.6. The maximum Gasteiger partial charge on any atom is 0.439 e. The Morgan fingerprint density at radius 3 is 2.45 bits per heavy atom. The zero-order valence-corrected chi connectivity index (χ0v) is 21.9. The minimum absolute atomic E-state index is 0.000538. The number of benzene rings is 2. The standard InChI is InChI=1S/C29H33N5O4/c1-3-7-26-30-25(4-2)24(28(35)33-14-16-37-17-15-33)19-34(26)18-20-10-12-21(13-11-20)22-8-5-6-9-23(22)27-31-29(36)38-32-27/h5-6,8-13,19,26H,3-4,7,14-18H2,1-2H3,(H,31,32,36). The van der Waals surface area contributed by atoms with Crippen molar-refractivity contribution in [1.29, 1.82) is 0 Å². The lowest BCUT2D eigenvalue weighted by Crippen LogP contribution is -2.44. The van der Waals surface area contributed by atoms with Crippen molar-refractivity contribution in [3.8, 4) is 22.5 Å². The number of carbonyl (C=O) groups excluding carboxylic acids is 1. The Labute approximate surface area is 221 Å². The number of carbonyl (C=O) groups is 1. The number of nitrogens with one attached hydrogen (secondary N) is 1. The van der Waals surface area contributed by atoms with E-state index in [9.17, 15) is 9.59 Å². The largest absolute Gasteiger partial charge is 0.439 e. The van der Waals surface area contributed by atoms with Crippen LogP contribution in [0.25, 0.3) is 22.5 Å². The number of rotatable bonds is 8. The van der Waals surface area contributed by atoms with E-state index in [4.69, 9.17) is 14.3 Å². The molecule has 0 bridgehead atoms. The molecule has 1 amide bonds. The number of ether oxygens (including phenoxy) is 1. The van der Waals surface area contributed by atoms with Crippen molar-refractivity contribution in [2.45, 2.75) is 45.8 Å². The van der Waals surface area contributed by atoms with E-state index >= 15 is 0 Å². The number of morpholine rings is 1. The van der Waals surface area contributed by atoms with Gasteiger partial charge in [-0.1, -0.05) is 74.0 Å². The summed E-state index contributed by atoms with van der Waals surface area (Å²) in [6.45, 7) is 7.22. The van der Waals surface area contributed by atoms with E-state index in [1.165, 1.54) is 0 Å². The highest BCUT2D eigenvalue weighted by atomic mass is 16.5. The molecule has 9 heteroatoms. The van der Waals surface area contributed by atoms with Crippen LogP contribution >= 0.6 is 0 Å². The number of H-pyrrole nitrogens is 1. The number of nitrogens with zero attached hydrogens (tertiary/aromatic N) is 4. The fourth-order valence-electron chi connectivity index (χ4n) is 4.97. The average Bonchev–Trinajstić information content (AvgIpc) is 3.40. The molecular formula is C29H33N5O4. The molecule has 1 fully saturated rings. The summed E-state index contributed by atoms with van der Waals surface area (Å²) in [7, 11) is 0. The average molecular weight is 516 g/mol. The highest BCUT2D eigenvalue weighted by Gasteiger charge is 2.29. The van der Waals surface area contributed by atoms with Gasteiger partial charge in [0, 0.05) is 31.4 Å². The SMILES string of the molecule is CCCC1N=C(CC)C(C(=O)N2CCOCC2)=CN1Cc1ccc(-c2ccccc2-c2noc(=O)[nH]2)cc1. The van der Waals surface area contributed by atoms with Gasteiger partial charge in [-0.05, 0) is 29.5 Å². The van der Waals surface area contributed by atoms with Crippen molar-refractivity contribution in [2.75, 3.05) is 26.3 Å². The lowest BCUT2D eigenvalue weighted by atomic mass is 9.98. The normalized spacial score (nSPS) is 17.8. The van der Waals surface area contributed by atoms with Crippen molar-refractivity contribution >= 4 is 11.6 Å². The lowest BCUT2D eigenvalue weighted by Gasteiger charge is -2.35. The van der Waals surface area contributed by atoms with Gasteiger partial charge < -0.3 is 14.5 Å². The van der Waals surface area contributed by atoms with E-state index < -0.39 is 5.76 Å². The van der Waals surface area contributed by atoms with Gasteiger partial charge in [-0.2, -0.15) is 0 Å². The first-order chi connectivity index (χ1) is 18.6. The van der Waals surface area contributed by atoms with Crippen LogP contribution in [0.4, 0.5) is 0 Å². The molecule has 1 saturated heterocycles. The Bertz CT molecular complexity index is 1380. The first-order valence-electron chi connectivity index (χ1n) is 13.2. The van der Waals surface area contributed by atoms with E-state index in [1.807, 2.05) is 35.4 Å². The van der Waals surface area contributed by atoms with Crippen LogP contribution in [0.1, 0.15) is 38.7 Å². The van der Waals surface area contributed by atoms with Crippen LogP contribution in [-0.2, 0) is 16.1 Å². The molecule has 5 rings (SSSR count). The Morgan fingerprint density at radius 1 is 1.05 bits per heavy atom. The van der Waals surface area contributed by atoms with Crippen molar-refractivity contribution in [3.63, 3.8) is 0 Å². The molecule has 0 saturated carbocycles. The molecule has 1 unspecified atom stereocenters. The van der Waals surface area contributed by atoms with Gasteiger partial charge in [0.2, 0.25) is 0 Å². The smallest absolute Gasteiger partial charge is 0.378 e. The summed E-state index contributed by atoms with van der Waals surface area (Å²) in [5.74, 6) is -0.147. The Hall–Kier alpha value is -3.98. The quantitative estimate of drug-likeness (QED) is 0.482. The van der Waals surface area contributed by atoms with E-state index in [1.54, 1.807) is 0 Å². The number of aliphatic imine (C=N–C) groups is 1. The van der Waals surface area contributed by atoms with Gasteiger partial charge in [-0.25, -0.2) is 4.79 Å². The number of amides is 1. The van der Waals surface area contributed by atoms with Crippen LogP contribution in [0.15, 0.2) is 74.6 Å². The molecule has 1 N–H and O–H groups in total. The molecule has 1 atom stereocenters. The molecular weight excluding hydrogens is 482 g/mol. The highest BCUT2D eigenvalue weighted by molar-refractivity contribution is 6.21. The van der Waals surface area contributed by atoms with E-state index in [2.05, 4.69) is 53.2 Å². The van der Waals surface area contributed by atoms with Gasteiger partial charge in [0.15, 0.2) is 5.82 Å². The Morgan fingerprint density at radius 2 is 1.79 bits per heavy atom. The van der Waals surface area contributed by atoms with Crippen LogP contribution in [0.5, 0.6) is 0 Å². The maximum atomic E-state index is 13.4. The van der Waals surface area contributed by atoms with Gasteiger partial charge in [0.1, 0.15) is 6.17 Å². The first-order valence-corrected chi connectivity index (χ1v) is 13.2. The van der Waals surface area contributed by atoms with E-state index in [0.29, 0.717) is 44.2 Å². The Balaban J connectivity index is 1.40. The topological polar surface area (TPSA) is 104 Å². The highest BCUT2D eigenvalue weighted by Crippen LogP contribution is 2.30. The maximum absolute atomic E-state index is 13.4. The van der Waals surface area contributed by atoms with Crippen LogP contribution in [0, 0.1) is 0 Å². The van der Waals surface area contributed by atoms with E-state index in [-0.39, 0.29) is 12.1 Å².